The number of nitrogens with two attached hydrogens (primary N) is 2. The lowest BCUT2D eigenvalue weighted by molar-refractivity contribution is -0.273. The number of nitrogens with one attached hydrogen (secondary N) is 1. The number of rotatable bonds is 3. The third kappa shape index (κ3) is 3.81. The van der Waals surface area contributed by atoms with Crippen molar-refractivity contribution in [3.8, 4) is 0 Å². The molecule has 1 spiro atoms. The minimum atomic E-state index is -0.0465. The normalized spacial score (nSPS) is 48.8. The summed E-state index contributed by atoms with van der Waals surface area (Å²) in [6.07, 6.45) is 17.8. The zero-order valence-corrected chi connectivity index (χ0v) is 18.9. The highest BCUT2D eigenvalue weighted by Crippen LogP contribution is 2.61. The molecule has 3 aliphatic carbocycles. The predicted molar refractivity (Wildman–Crippen MR) is 118 cm³/mol. The lowest BCUT2D eigenvalue weighted by atomic mass is 9.54. The molecule has 2 bridgehead atoms. The van der Waals surface area contributed by atoms with E-state index in [0.29, 0.717) is 23.3 Å². The van der Waals surface area contributed by atoms with Crippen LogP contribution in [0.3, 0.4) is 0 Å². The standard InChI is InChI=1S/C25H45N3O/c1-23(2)20-7-10-25(29-23,15-21(20)26)19-12-18(11-17-5-6-22(27)28-16-17)13-24(14-19)8-3-4-9-24/h17-22,28H,3-16,26-27H2,1-2H3/t17?,18-,19-,20-,21-,22?,25-/m0/s1. The van der Waals surface area contributed by atoms with Crippen molar-refractivity contribution in [3.63, 3.8) is 0 Å². The number of piperidine rings is 1. The van der Waals surface area contributed by atoms with Gasteiger partial charge in [-0.15, -0.1) is 0 Å². The first-order valence-corrected chi connectivity index (χ1v) is 12.7. The molecule has 0 aromatic carbocycles. The van der Waals surface area contributed by atoms with Crippen LogP contribution in [0.2, 0.25) is 0 Å². The first-order valence-electron chi connectivity index (χ1n) is 12.7. The van der Waals surface area contributed by atoms with Crippen molar-refractivity contribution in [1.29, 1.82) is 0 Å². The Labute approximate surface area is 178 Å². The Balaban J connectivity index is 1.36. The molecular weight excluding hydrogens is 358 g/mol. The van der Waals surface area contributed by atoms with Gasteiger partial charge in [0.05, 0.1) is 17.4 Å². The first-order chi connectivity index (χ1) is 13.8. The summed E-state index contributed by atoms with van der Waals surface area (Å²) in [7, 11) is 0. The van der Waals surface area contributed by atoms with Gasteiger partial charge in [-0.1, -0.05) is 12.8 Å². The van der Waals surface area contributed by atoms with E-state index in [0.717, 1.165) is 31.2 Å². The molecule has 0 amide bonds. The SMILES string of the molecule is CC1(C)O[C@@]2([C@H]3C[C@H](CC4CCC(N)NC4)CC4(CCCC4)C3)CC[C@H]1[C@@H](N)C2. The minimum Gasteiger partial charge on any atom is -0.368 e. The molecule has 0 aromatic rings. The average Bonchev–Trinajstić information content (AvgIpc) is 3.09. The summed E-state index contributed by atoms with van der Waals surface area (Å²) in [6, 6.07) is 0.330. The molecule has 29 heavy (non-hydrogen) atoms. The van der Waals surface area contributed by atoms with E-state index < -0.39 is 0 Å². The minimum absolute atomic E-state index is 0.0465. The number of hydrogen-bond acceptors (Lipinski definition) is 4. The van der Waals surface area contributed by atoms with Crippen molar-refractivity contribution in [1.82, 2.24) is 5.32 Å². The maximum absolute atomic E-state index is 7.02. The Morgan fingerprint density at radius 3 is 2.38 bits per heavy atom. The zero-order chi connectivity index (χ0) is 20.3. The Hall–Kier alpha value is -0.160. The number of fused-ring (bicyclic) bond motifs is 3. The van der Waals surface area contributed by atoms with E-state index in [-0.39, 0.29) is 17.4 Å². The first kappa shape index (κ1) is 20.7. The van der Waals surface area contributed by atoms with E-state index in [9.17, 15) is 0 Å². The fourth-order valence-electron chi connectivity index (χ4n) is 8.78. The lowest BCUT2D eigenvalue weighted by Crippen LogP contribution is -2.66. The molecular formula is C25H45N3O. The molecule has 4 heteroatoms. The van der Waals surface area contributed by atoms with Crippen LogP contribution in [0.5, 0.6) is 0 Å². The fourth-order valence-corrected chi connectivity index (χ4v) is 8.78. The van der Waals surface area contributed by atoms with E-state index in [1.54, 1.807) is 0 Å². The maximum atomic E-state index is 7.02. The van der Waals surface area contributed by atoms with Gasteiger partial charge in [-0.3, -0.25) is 0 Å². The molecule has 0 radical (unpaired) electrons. The molecule has 5 N–H and O–H groups in total. The average molecular weight is 404 g/mol. The smallest absolute Gasteiger partial charge is 0.0733 e. The molecule has 6 fully saturated rings. The van der Waals surface area contributed by atoms with Gasteiger partial charge in [0.15, 0.2) is 0 Å². The Bertz CT molecular complexity index is 593. The summed E-state index contributed by atoms with van der Waals surface area (Å²) in [4.78, 5) is 0. The van der Waals surface area contributed by atoms with E-state index >= 15 is 0 Å². The van der Waals surface area contributed by atoms with Gasteiger partial charge in [0, 0.05) is 12.0 Å². The predicted octanol–water partition coefficient (Wildman–Crippen LogP) is 4.31. The van der Waals surface area contributed by atoms with Crippen LogP contribution >= 0.6 is 0 Å². The van der Waals surface area contributed by atoms with Crippen LogP contribution in [-0.4, -0.2) is 30.0 Å². The van der Waals surface area contributed by atoms with Gasteiger partial charge in [0.1, 0.15) is 0 Å². The molecule has 0 aromatic heterocycles. The molecule has 6 rings (SSSR count). The topological polar surface area (TPSA) is 73.3 Å². The number of hydrogen-bond donors (Lipinski definition) is 3. The quantitative estimate of drug-likeness (QED) is 0.656. The number of ether oxygens (including phenoxy) is 1. The van der Waals surface area contributed by atoms with Gasteiger partial charge in [-0.05, 0) is 114 Å². The van der Waals surface area contributed by atoms with Crippen molar-refractivity contribution in [2.45, 2.75) is 121 Å². The Kier molecular flexibility index (Phi) is 5.33. The van der Waals surface area contributed by atoms with Gasteiger partial charge < -0.3 is 21.5 Å². The van der Waals surface area contributed by atoms with E-state index in [1.807, 2.05) is 0 Å². The fraction of sp³-hybridized carbons (Fsp3) is 1.00. The highest BCUT2D eigenvalue weighted by Gasteiger charge is 2.59. The second-order valence-electron chi connectivity index (χ2n) is 12.4. The monoisotopic (exact) mass is 403 g/mol. The molecule has 3 heterocycles. The van der Waals surface area contributed by atoms with Crippen molar-refractivity contribution < 1.29 is 4.74 Å². The van der Waals surface area contributed by atoms with Gasteiger partial charge in [-0.25, -0.2) is 0 Å². The van der Waals surface area contributed by atoms with Crippen LogP contribution in [0, 0.1) is 29.1 Å². The molecule has 3 saturated carbocycles. The maximum Gasteiger partial charge on any atom is 0.0733 e. The highest BCUT2D eigenvalue weighted by molar-refractivity contribution is 5.10. The van der Waals surface area contributed by atoms with Gasteiger partial charge in [-0.2, -0.15) is 0 Å². The summed E-state index contributed by atoms with van der Waals surface area (Å²) in [6.45, 7) is 5.75. The van der Waals surface area contributed by atoms with Crippen LogP contribution in [0.1, 0.15) is 97.3 Å². The second-order valence-corrected chi connectivity index (χ2v) is 12.4. The third-order valence-corrected chi connectivity index (χ3v) is 9.98. The summed E-state index contributed by atoms with van der Waals surface area (Å²) < 4.78 is 7.02. The van der Waals surface area contributed by atoms with Crippen molar-refractivity contribution in [3.05, 3.63) is 0 Å². The molecule has 6 aliphatic rings. The largest absolute Gasteiger partial charge is 0.368 e. The van der Waals surface area contributed by atoms with Crippen LogP contribution in [0.4, 0.5) is 0 Å². The zero-order valence-electron chi connectivity index (χ0n) is 18.9. The van der Waals surface area contributed by atoms with E-state index in [4.69, 9.17) is 16.2 Å². The van der Waals surface area contributed by atoms with Crippen molar-refractivity contribution in [2.75, 3.05) is 6.54 Å². The van der Waals surface area contributed by atoms with Crippen LogP contribution in [0.25, 0.3) is 0 Å². The summed E-state index contributed by atoms with van der Waals surface area (Å²) in [5, 5.41) is 3.54. The van der Waals surface area contributed by atoms with Crippen LogP contribution < -0.4 is 16.8 Å². The Morgan fingerprint density at radius 1 is 0.931 bits per heavy atom. The molecule has 4 nitrogen and oxygen atoms in total. The van der Waals surface area contributed by atoms with Crippen LogP contribution in [0.15, 0.2) is 0 Å². The molecule has 166 valence electrons. The summed E-state index contributed by atoms with van der Waals surface area (Å²) in [5.41, 5.74) is 13.4. The second kappa shape index (κ2) is 7.46. The van der Waals surface area contributed by atoms with E-state index in [1.165, 1.54) is 70.6 Å². The summed E-state index contributed by atoms with van der Waals surface area (Å²) >= 11 is 0. The van der Waals surface area contributed by atoms with Crippen LogP contribution in [-0.2, 0) is 4.74 Å². The molecule has 3 aliphatic heterocycles. The Morgan fingerprint density at radius 2 is 1.72 bits per heavy atom. The molecule has 7 atom stereocenters. The summed E-state index contributed by atoms with van der Waals surface area (Å²) in [5.74, 6) is 2.94. The van der Waals surface area contributed by atoms with Gasteiger partial charge in [0.2, 0.25) is 0 Å². The lowest BCUT2D eigenvalue weighted by Gasteiger charge is -2.62. The molecule has 2 unspecified atom stereocenters. The molecule has 3 saturated heterocycles. The third-order valence-electron chi connectivity index (χ3n) is 9.98. The van der Waals surface area contributed by atoms with Crippen molar-refractivity contribution >= 4 is 0 Å². The highest BCUT2D eigenvalue weighted by atomic mass is 16.5. The van der Waals surface area contributed by atoms with Gasteiger partial charge >= 0.3 is 0 Å². The van der Waals surface area contributed by atoms with Crippen molar-refractivity contribution in [2.24, 2.45) is 40.6 Å². The van der Waals surface area contributed by atoms with E-state index in [2.05, 4.69) is 19.2 Å². The van der Waals surface area contributed by atoms with Gasteiger partial charge in [0.25, 0.3) is 0 Å².